The summed E-state index contributed by atoms with van der Waals surface area (Å²) in [4.78, 5) is 24.5. The molecule has 0 aromatic heterocycles. The first-order valence-corrected chi connectivity index (χ1v) is 8.88. The molecule has 1 amide bonds. The molecule has 0 saturated carbocycles. The smallest absolute Gasteiger partial charge is 0.251 e. The van der Waals surface area contributed by atoms with E-state index in [0.29, 0.717) is 33.3 Å². The van der Waals surface area contributed by atoms with Gasteiger partial charge >= 0.3 is 0 Å². The number of aliphatic hydroxyl groups is 1. The van der Waals surface area contributed by atoms with E-state index in [1.54, 1.807) is 24.3 Å². The van der Waals surface area contributed by atoms with Gasteiger partial charge in [-0.3, -0.25) is 9.59 Å². The zero-order valence-electron chi connectivity index (χ0n) is 13.9. The van der Waals surface area contributed by atoms with Gasteiger partial charge in [-0.2, -0.15) is 0 Å². The lowest BCUT2D eigenvalue weighted by atomic mass is 9.93. The van der Waals surface area contributed by atoms with Crippen LogP contribution in [0.5, 0.6) is 0 Å². The van der Waals surface area contributed by atoms with Crippen molar-refractivity contribution in [3.05, 3.63) is 68.4 Å². The van der Waals surface area contributed by atoms with Gasteiger partial charge in [0.05, 0.1) is 13.2 Å². The molecule has 0 atom stereocenters. The van der Waals surface area contributed by atoms with Crippen molar-refractivity contribution in [3.63, 3.8) is 0 Å². The van der Waals surface area contributed by atoms with Gasteiger partial charge in [0.25, 0.3) is 5.91 Å². The summed E-state index contributed by atoms with van der Waals surface area (Å²) in [7, 11) is 0. The Morgan fingerprint density at radius 3 is 2.81 bits per heavy atom. The van der Waals surface area contributed by atoms with E-state index < -0.39 is 0 Å². The van der Waals surface area contributed by atoms with Crippen molar-refractivity contribution in [2.75, 3.05) is 19.8 Å². The van der Waals surface area contributed by atoms with Gasteiger partial charge in [0.1, 0.15) is 12.4 Å². The first-order valence-electron chi connectivity index (χ1n) is 8.09. The number of ether oxygens (including phenoxy) is 1. The molecular weight excluding hydrogens is 405 g/mol. The third kappa shape index (κ3) is 4.00. The van der Waals surface area contributed by atoms with E-state index >= 15 is 0 Å². The molecule has 1 heterocycles. The molecule has 0 radical (unpaired) electrons. The minimum atomic E-state index is -0.390. The molecule has 5 nitrogen and oxygen atoms in total. The summed E-state index contributed by atoms with van der Waals surface area (Å²) < 4.78 is 20.0. The van der Waals surface area contributed by atoms with Crippen LogP contribution in [-0.4, -0.2) is 36.6 Å². The number of halogens is 2. The number of hydrogen-bond donors (Lipinski definition) is 2. The van der Waals surface area contributed by atoms with Crippen molar-refractivity contribution < 1.29 is 23.8 Å². The molecule has 0 bridgehead atoms. The fraction of sp³-hybridized carbons (Fsp3) is 0.263. The highest BCUT2D eigenvalue weighted by molar-refractivity contribution is 9.10. The first-order chi connectivity index (χ1) is 12.5. The summed E-state index contributed by atoms with van der Waals surface area (Å²) in [5, 5.41) is 11.5. The first kappa shape index (κ1) is 18.7. The molecule has 0 aliphatic carbocycles. The Morgan fingerprint density at radius 2 is 2.08 bits per heavy atom. The van der Waals surface area contributed by atoms with Crippen LogP contribution in [0.15, 0.2) is 34.8 Å². The van der Waals surface area contributed by atoms with E-state index in [9.17, 15) is 14.0 Å². The molecule has 0 unspecified atom stereocenters. The molecule has 1 aliphatic heterocycles. The number of ketones is 1. The number of rotatable bonds is 7. The van der Waals surface area contributed by atoms with Crippen LogP contribution in [-0.2, 0) is 17.7 Å². The SMILES string of the molecule is O=C(COCCO)c1cc2c(cc1Cc1ccc(Br)cc1F)C(=O)NC2. The number of aliphatic hydroxyl groups excluding tert-OH is 1. The van der Waals surface area contributed by atoms with E-state index in [1.165, 1.54) is 6.07 Å². The third-order valence-corrected chi connectivity index (χ3v) is 4.67. The number of amides is 1. The summed E-state index contributed by atoms with van der Waals surface area (Å²) in [6.45, 7) is 0.0651. The average molecular weight is 422 g/mol. The second kappa shape index (κ2) is 8.07. The quantitative estimate of drug-likeness (QED) is 0.532. The Morgan fingerprint density at radius 1 is 1.27 bits per heavy atom. The van der Waals surface area contributed by atoms with Gasteiger partial charge in [-0.25, -0.2) is 4.39 Å². The largest absolute Gasteiger partial charge is 0.394 e. The normalized spacial score (nSPS) is 12.8. The number of fused-ring (bicyclic) bond motifs is 1. The van der Waals surface area contributed by atoms with Gasteiger partial charge in [-0.05, 0) is 41.0 Å². The zero-order chi connectivity index (χ0) is 18.7. The Balaban J connectivity index is 1.97. The monoisotopic (exact) mass is 421 g/mol. The van der Waals surface area contributed by atoms with Crippen molar-refractivity contribution >= 4 is 27.6 Å². The van der Waals surface area contributed by atoms with Crippen LogP contribution in [0, 0.1) is 5.82 Å². The summed E-state index contributed by atoms with van der Waals surface area (Å²) in [5.41, 5.74) is 2.64. The molecule has 0 saturated heterocycles. The number of Topliss-reactive ketones (excluding diaryl/α,β-unsaturated/α-hetero) is 1. The lowest BCUT2D eigenvalue weighted by Crippen LogP contribution is -2.15. The van der Waals surface area contributed by atoms with E-state index in [2.05, 4.69) is 21.2 Å². The van der Waals surface area contributed by atoms with Crippen molar-refractivity contribution in [1.29, 1.82) is 0 Å². The van der Waals surface area contributed by atoms with Crippen molar-refractivity contribution in [1.82, 2.24) is 5.32 Å². The molecule has 2 aromatic rings. The van der Waals surface area contributed by atoms with E-state index in [-0.39, 0.29) is 43.7 Å². The second-order valence-electron chi connectivity index (χ2n) is 5.96. The molecule has 1 aliphatic rings. The highest BCUT2D eigenvalue weighted by Gasteiger charge is 2.24. The maximum atomic E-state index is 14.2. The summed E-state index contributed by atoms with van der Waals surface area (Å²) in [6, 6.07) is 8.05. The van der Waals surface area contributed by atoms with Gasteiger partial charge < -0.3 is 15.2 Å². The van der Waals surface area contributed by atoms with Crippen molar-refractivity contribution in [2.24, 2.45) is 0 Å². The van der Waals surface area contributed by atoms with Gasteiger partial charge in [0.2, 0.25) is 0 Å². The maximum absolute atomic E-state index is 14.2. The molecule has 3 rings (SSSR count). The minimum absolute atomic E-state index is 0.0629. The van der Waals surface area contributed by atoms with Gasteiger partial charge in [-0.1, -0.05) is 22.0 Å². The van der Waals surface area contributed by atoms with Crippen LogP contribution in [0.2, 0.25) is 0 Å². The number of benzene rings is 2. The van der Waals surface area contributed by atoms with E-state index in [0.717, 1.165) is 5.56 Å². The number of carbonyl (C=O) groups is 2. The Hall–Kier alpha value is -2.09. The topological polar surface area (TPSA) is 75.6 Å². The maximum Gasteiger partial charge on any atom is 0.251 e. The van der Waals surface area contributed by atoms with Crippen LogP contribution in [0.4, 0.5) is 4.39 Å². The van der Waals surface area contributed by atoms with E-state index in [4.69, 9.17) is 9.84 Å². The average Bonchev–Trinajstić information content (AvgIpc) is 2.97. The zero-order valence-corrected chi connectivity index (χ0v) is 15.4. The Labute approximate surface area is 158 Å². The minimum Gasteiger partial charge on any atom is -0.394 e. The predicted octanol–water partition coefficient (Wildman–Crippen LogP) is 2.61. The second-order valence-corrected chi connectivity index (χ2v) is 6.88. The summed E-state index contributed by atoms with van der Waals surface area (Å²) in [5.74, 6) is -0.861. The van der Waals surface area contributed by atoms with Crippen molar-refractivity contribution in [2.45, 2.75) is 13.0 Å². The Kier molecular flexibility index (Phi) is 5.80. The van der Waals surface area contributed by atoms with Gasteiger partial charge in [0, 0.05) is 28.6 Å². The lowest BCUT2D eigenvalue weighted by molar-refractivity contribution is 0.0663. The van der Waals surface area contributed by atoms with Crippen LogP contribution in [0.1, 0.15) is 37.4 Å². The molecule has 7 heteroatoms. The standard InChI is InChI=1S/C19H17BrFNO4/c20-14-2-1-11(17(21)8-14)5-12-6-16-13(9-22-19(16)25)7-15(12)18(24)10-26-4-3-23/h1-2,6-8,23H,3-5,9-10H2,(H,22,25). The summed E-state index contributed by atoms with van der Waals surface area (Å²) in [6.07, 6.45) is 0.181. The van der Waals surface area contributed by atoms with E-state index in [1.807, 2.05) is 0 Å². The number of nitrogens with one attached hydrogen (secondary N) is 1. The third-order valence-electron chi connectivity index (χ3n) is 4.18. The molecule has 2 N–H and O–H groups in total. The number of carbonyl (C=O) groups excluding carboxylic acids is 2. The van der Waals surface area contributed by atoms with Crippen LogP contribution in [0.3, 0.4) is 0 Å². The van der Waals surface area contributed by atoms with Crippen LogP contribution < -0.4 is 5.32 Å². The van der Waals surface area contributed by atoms with Gasteiger partial charge in [0.15, 0.2) is 5.78 Å². The fourth-order valence-corrected chi connectivity index (χ4v) is 3.23. The fourth-order valence-electron chi connectivity index (χ4n) is 2.90. The lowest BCUT2D eigenvalue weighted by Gasteiger charge is -2.12. The van der Waals surface area contributed by atoms with Crippen molar-refractivity contribution in [3.8, 4) is 0 Å². The predicted molar refractivity (Wildman–Crippen MR) is 96.8 cm³/mol. The molecule has 136 valence electrons. The van der Waals surface area contributed by atoms with Gasteiger partial charge in [-0.15, -0.1) is 0 Å². The van der Waals surface area contributed by atoms with Crippen LogP contribution >= 0.6 is 15.9 Å². The highest BCUT2D eigenvalue weighted by Crippen LogP contribution is 2.26. The highest BCUT2D eigenvalue weighted by atomic mass is 79.9. The molecule has 0 fully saturated rings. The summed E-state index contributed by atoms with van der Waals surface area (Å²) >= 11 is 3.22. The molecule has 2 aromatic carbocycles. The van der Waals surface area contributed by atoms with Crippen LogP contribution in [0.25, 0.3) is 0 Å². The molecule has 26 heavy (non-hydrogen) atoms. The Bertz CT molecular complexity index is 869. The number of hydrogen-bond acceptors (Lipinski definition) is 4. The molecule has 0 spiro atoms. The molecular formula is C19H17BrFNO4.